The predicted octanol–water partition coefficient (Wildman–Crippen LogP) is 2.31. The maximum absolute atomic E-state index is 12.8. The van der Waals surface area contributed by atoms with Crippen LogP contribution in [0.25, 0.3) is 10.8 Å². The quantitative estimate of drug-likeness (QED) is 0.671. The molecule has 0 bridgehead atoms. The van der Waals surface area contributed by atoms with Crippen LogP contribution >= 0.6 is 0 Å². The summed E-state index contributed by atoms with van der Waals surface area (Å²) in [5, 5.41) is 7.16. The van der Waals surface area contributed by atoms with Crippen molar-refractivity contribution in [3.63, 3.8) is 0 Å². The zero-order valence-corrected chi connectivity index (χ0v) is 15.4. The Hall–Kier alpha value is -3.61. The van der Waals surface area contributed by atoms with E-state index in [1.165, 1.54) is 0 Å². The lowest BCUT2D eigenvalue weighted by molar-refractivity contribution is -0.125. The minimum Gasteiger partial charge on any atom is -0.353 e. The molecule has 1 fully saturated rings. The number of fused-ring (bicyclic) bond motifs is 1. The highest BCUT2D eigenvalue weighted by molar-refractivity contribution is 6.24. The molecule has 0 unspecified atom stereocenters. The van der Waals surface area contributed by atoms with E-state index in [0.29, 0.717) is 12.2 Å². The first-order chi connectivity index (χ1) is 13.5. The molecule has 4 rings (SSSR count). The molecular weight excluding hydrogens is 356 g/mol. The summed E-state index contributed by atoms with van der Waals surface area (Å²) in [5.74, 6) is -0.713. The van der Waals surface area contributed by atoms with Crippen molar-refractivity contribution < 1.29 is 14.4 Å². The van der Waals surface area contributed by atoms with E-state index < -0.39 is 18.0 Å². The minimum absolute atomic E-state index is 0.101. The van der Waals surface area contributed by atoms with E-state index >= 15 is 0 Å². The van der Waals surface area contributed by atoms with Gasteiger partial charge in [0.05, 0.1) is 18.7 Å². The lowest BCUT2D eigenvalue weighted by Crippen LogP contribution is -2.36. The molecule has 1 saturated heterocycles. The van der Waals surface area contributed by atoms with Gasteiger partial charge >= 0.3 is 6.03 Å². The Kier molecular flexibility index (Phi) is 4.57. The highest BCUT2D eigenvalue weighted by atomic mass is 16.2. The molecule has 28 heavy (non-hydrogen) atoms. The number of aryl methyl sites for hydroxylation is 1. The summed E-state index contributed by atoms with van der Waals surface area (Å²) < 4.78 is 1.91. The van der Waals surface area contributed by atoms with Gasteiger partial charge in [-0.25, -0.2) is 9.69 Å². The van der Waals surface area contributed by atoms with E-state index in [9.17, 15) is 14.4 Å². The highest BCUT2D eigenvalue weighted by Gasteiger charge is 2.40. The standard InChI is InChI=1S/C21H20N4O3/c1-24-11-5-8-15(24)13-22-19(26)12-17-20(27)25(21(28)23-17)18-10-4-7-14-6-2-3-9-16(14)18/h2-11,17H,12-13H2,1H3,(H,22,26)(H,23,28)/t17-/m0/s1. The van der Waals surface area contributed by atoms with Crippen LogP contribution in [0.15, 0.2) is 60.8 Å². The van der Waals surface area contributed by atoms with E-state index in [0.717, 1.165) is 21.4 Å². The molecule has 0 aliphatic carbocycles. The summed E-state index contributed by atoms with van der Waals surface area (Å²) in [6, 6.07) is 15.4. The molecule has 0 radical (unpaired) electrons. The Labute approximate surface area is 161 Å². The number of benzene rings is 2. The van der Waals surface area contributed by atoms with Gasteiger partial charge in [-0.15, -0.1) is 0 Å². The molecule has 4 amide bonds. The largest absolute Gasteiger partial charge is 0.353 e. The Morgan fingerprint density at radius 1 is 1.07 bits per heavy atom. The number of carbonyl (C=O) groups excluding carboxylic acids is 3. The van der Waals surface area contributed by atoms with Crippen molar-refractivity contribution in [2.75, 3.05) is 4.90 Å². The third kappa shape index (κ3) is 3.22. The van der Waals surface area contributed by atoms with Crippen LogP contribution in [0.3, 0.4) is 0 Å². The van der Waals surface area contributed by atoms with Gasteiger partial charge in [0, 0.05) is 24.3 Å². The number of anilines is 1. The van der Waals surface area contributed by atoms with Gasteiger partial charge in [0.1, 0.15) is 6.04 Å². The van der Waals surface area contributed by atoms with Crippen LogP contribution < -0.4 is 15.5 Å². The van der Waals surface area contributed by atoms with Crippen LogP contribution in [-0.2, 0) is 23.2 Å². The number of rotatable bonds is 5. The fourth-order valence-corrected chi connectivity index (χ4v) is 3.43. The predicted molar refractivity (Wildman–Crippen MR) is 106 cm³/mol. The molecule has 2 N–H and O–H groups in total. The smallest absolute Gasteiger partial charge is 0.329 e. The van der Waals surface area contributed by atoms with Gasteiger partial charge in [0.15, 0.2) is 0 Å². The van der Waals surface area contributed by atoms with Crippen molar-refractivity contribution >= 4 is 34.3 Å². The molecule has 0 saturated carbocycles. The van der Waals surface area contributed by atoms with Gasteiger partial charge < -0.3 is 15.2 Å². The number of carbonyl (C=O) groups is 3. The van der Waals surface area contributed by atoms with E-state index in [-0.39, 0.29) is 12.3 Å². The zero-order chi connectivity index (χ0) is 19.7. The monoisotopic (exact) mass is 376 g/mol. The Bertz CT molecular complexity index is 1070. The van der Waals surface area contributed by atoms with Gasteiger partial charge in [-0.05, 0) is 23.6 Å². The Balaban J connectivity index is 1.48. The maximum atomic E-state index is 12.8. The number of amides is 4. The molecule has 142 valence electrons. The van der Waals surface area contributed by atoms with Crippen LogP contribution in [0.4, 0.5) is 10.5 Å². The van der Waals surface area contributed by atoms with Gasteiger partial charge in [-0.2, -0.15) is 0 Å². The first-order valence-electron chi connectivity index (χ1n) is 9.04. The van der Waals surface area contributed by atoms with Crippen molar-refractivity contribution in [2.24, 2.45) is 7.05 Å². The molecule has 7 nitrogen and oxygen atoms in total. The molecular formula is C21H20N4O3. The topological polar surface area (TPSA) is 83.4 Å². The van der Waals surface area contributed by atoms with Crippen LogP contribution in [0.1, 0.15) is 12.1 Å². The first-order valence-corrected chi connectivity index (χ1v) is 9.04. The average molecular weight is 376 g/mol. The molecule has 1 atom stereocenters. The molecule has 1 aromatic heterocycles. The second kappa shape index (κ2) is 7.19. The Morgan fingerprint density at radius 2 is 1.86 bits per heavy atom. The number of urea groups is 1. The van der Waals surface area contributed by atoms with Gasteiger partial charge in [-0.1, -0.05) is 36.4 Å². The number of hydrogen-bond donors (Lipinski definition) is 2. The van der Waals surface area contributed by atoms with E-state index in [4.69, 9.17) is 0 Å². The summed E-state index contributed by atoms with van der Waals surface area (Å²) in [7, 11) is 1.89. The lowest BCUT2D eigenvalue weighted by atomic mass is 10.1. The van der Waals surface area contributed by atoms with Gasteiger partial charge in [0.2, 0.25) is 5.91 Å². The molecule has 1 aliphatic heterocycles. The fraction of sp³-hybridized carbons (Fsp3) is 0.190. The van der Waals surface area contributed by atoms with Crippen LogP contribution in [0, 0.1) is 0 Å². The van der Waals surface area contributed by atoms with Crippen molar-refractivity contribution in [2.45, 2.75) is 19.0 Å². The second-order valence-corrected chi connectivity index (χ2v) is 6.77. The maximum Gasteiger partial charge on any atom is 0.329 e. The Morgan fingerprint density at radius 3 is 2.64 bits per heavy atom. The summed E-state index contributed by atoms with van der Waals surface area (Å²) in [5.41, 5.74) is 1.47. The van der Waals surface area contributed by atoms with E-state index in [2.05, 4.69) is 10.6 Å². The van der Waals surface area contributed by atoms with Crippen molar-refractivity contribution in [3.05, 3.63) is 66.5 Å². The second-order valence-electron chi connectivity index (χ2n) is 6.77. The number of nitrogens with zero attached hydrogens (tertiary/aromatic N) is 2. The molecule has 3 aromatic rings. The summed E-state index contributed by atoms with van der Waals surface area (Å²) >= 11 is 0. The summed E-state index contributed by atoms with van der Waals surface area (Å²) in [6.07, 6.45) is 1.79. The van der Waals surface area contributed by atoms with Gasteiger partial charge in [-0.3, -0.25) is 9.59 Å². The molecule has 2 heterocycles. The minimum atomic E-state index is -0.875. The van der Waals surface area contributed by atoms with Crippen LogP contribution in [0.5, 0.6) is 0 Å². The summed E-state index contributed by atoms with van der Waals surface area (Å²) in [4.78, 5) is 38.7. The van der Waals surface area contributed by atoms with Gasteiger partial charge in [0.25, 0.3) is 5.91 Å². The highest BCUT2D eigenvalue weighted by Crippen LogP contribution is 2.29. The zero-order valence-electron chi connectivity index (χ0n) is 15.4. The number of imide groups is 1. The van der Waals surface area contributed by atoms with Crippen molar-refractivity contribution in [1.82, 2.24) is 15.2 Å². The summed E-state index contributed by atoms with van der Waals surface area (Å²) in [6.45, 7) is 0.365. The molecule has 0 spiro atoms. The average Bonchev–Trinajstić information content (AvgIpc) is 3.22. The molecule has 7 heteroatoms. The van der Waals surface area contributed by atoms with E-state index in [1.54, 1.807) is 12.1 Å². The SMILES string of the molecule is Cn1cccc1CNC(=O)C[C@@H]1NC(=O)N(c2cccc3ccccc23)C1=O. The fourth-order valence-electron chi connectivity index (χ4n) is 3.43. The van der Waals surface area contributed by atoms with Crippen LogP contribution in [0.2, 0.25) is 0 Å². The number of nitrogens with one attached hydrogen (secondary N) is 2. The van der Waals surface area contributed by atoms with Crippen molar-refractivity contribution in [1.29, 1.82) is 0 Å². The van der Waals surface area contributed by atoms with Crippen molar-refractivity contribution in [3.8, 4) is 0 Å². The van der Waals surface area contributed by atoms with Crippen LogP contribution in [-0.4, -0.2) is 28.5 Å². The third-order valence-corrected chi connectivity index (χ3v) is 4.93. The lowest BCUT2D eigenvalue weighted by Gasteiger charge is -2.15. The number of hydrogen-bond acceptors (Lipinski definition) is 3. The first kappa shape index (κ1) is 17.8. The molecule has 1 aliphatic rings. The van der Waals surface area contributed by atoms with E-state index in [1.807, 2.05) is 60.3 Å². The third-order valence-electron chi connectivity index (χ3n) is 4.93. The number of aromatic nitrogens is 1. The molecule has 2 aromatic carbocycles. The normalized spacial score (nSPS) is 16.5.